The number of nitrogens with zero attached hydrogens (tertiary/aromatic N) is 1. The number of rotatable bonds is 4. The summed E-state index contributed by atoms with van der Waals surface area (Å²) in [6, 6.07) is 0. The zero-order valence-corrected chi connectivity index (χ0v) is 6.22. The van der Waals surface area contributed by atoms with Gasteiger partial charge in [0, 0.05) is 6.54 Å². The minimum absolute atomic E-state index is 1.01. The van der Waals surface area contributed by atoms with Crippen LogP contribution in [-0.4, -0.2) is 16.5 Å². The van der Waals surface area contributed by atoms with Gasteiger partial charge >= 0.3 is 0 Å². The predicted molar refractivity (Wildman–Crippen MR) is 42.0 cm³/mol. The van der Waals surface area contributed by atoms with E-state index < -0.39 is 0 Å². The number of H-pyrrole nitrogens is 1. The Labute approximate surface area is 60.9 Å². The first kappa shape index (κ1) is 7.12. The van der Waals surface area contributed by atoms with Gasteiger partial charge in [0.15, 0.2) is 0 Å². The summed E-state index contributed by atoms with van der Waals surface area (Å²) >= 11 is 0. The molecule has 0 aliphatic heterocycles. The van der Waals surface area contributed by atoms with Crippen molar-refractivity contribution in [1.82, 2.24) is 9.97 Å². The fourth-order valence-electron chi connectivity index (χ4n) is 0.752. The molecule has 0 aliphatic rings. The van der Waals surface area contributed by atoms with Crippen LogP contribution in [0.25, 0.3) is 0 Å². The van der Waals surface area contributed by atoms with Gasteiger partial charge in [-0.3, -0.25) is 0 Å². The SMILES string of the molecule is CCCCNc1cnc[nH]1. The Balaban J connectivity index is 2.15. The molecule has 0 saturated heterocycles. The molecule has 0 fully saturated rings. The smallest absolute Gasteiger partial charge is 0.123 e. The van der Waals surface area contributed by atoms with Gasteiger partial charge in [0.05, 0.1) is 12.5 Å². The van der Waals surface area contributed by atoms with Gasteiger partial charge in [-0.25, -0.2) is 4.98 Å². The van der Waals surface area contributed by atoms with Crippen LogP contribution in [-0.2, 0) is 0 Å². The maximum absolute atomic E-state index is 3.88. The highest BCUT2D eigenvalue weighted by molar-refractivity contribution is 5.29. The predicted octanol–water partition coefficient (Wildman–Crippen LogP) is 1.62. The molecule has 0 aliphatic carbocycles. The Hall–Kier alpha value is -0.990. The largest absolute Gasteiger partial charge is 0.370 e. The van der Waals surface area contributed by atoms with Crippen molar-refractivity contribution in [2.75, 3.05) is 11.9 Å². The maximum Gasteiger partial charge on any atom is 0.123 e. The van der Waals surface area contributed by atoms with Gasteiger partial charge in [-0.05, 0) is 6.42 Å². The molecule has 0 spiro atoms. The van der Waals surface area contributed by atoms with Crippen LogP contribution in [0.1, 0.15) is 19.8 Å². The molecular formula is C7H13N3. The third kappa shape index (κ3) is 2.09. The third-order valence-electron chi connectivity index (χ3n) is 1.34. The number of hydrogen-bond donors (Lipinski definition) is 2. The second-order valence-corrected chi connectivity index (χ2v) is 2.25. The zero-order valence-electron chi connectivity index (χ0n) is 6.22. The molecule has 0 bridgehead atoms. The van der Waals surface area contributed by atoms with Crippen molar-refractivity contribution in [1.29, 1.82) is 0 Å². The first-order valence-corrected chi connectivity index (χ1v) is 3.65. The second kappa shape index (κ2) is 3.93. The van der Waals surface area contributed by atoms with Crippen LogP contribution < -0.4 is 5.32 Å². The number of imidazole rings is 1. The second-order valence-electron chi connectivity index (χ2n) is 2.25. The van der Waals surface area contributed by atoms with Gasteiger partial charge in [0.1, 0.15) is 5.82 Å². The van der Waals surface area contributed by atoms with Crippen molar-refractivity contribution in [3.05, 3.63) is 12.5 Å². The summed E-state index contributed by atoms with van der Waals surface area (Å²) in [5.74, 6) is 1.01. The highest BCUT2D eigenvalue weighted by Gasteiger charge is 1.88. The van der Waals surface area contributed by atoms with Crippen LogP contribution in [0.5, 0.6) is 0 Å². The van der Waals surface area contributed by atoms with Gasteiger partial charge in [-0.2, -0.15) is 0 Å². The lowest BCUT2D eigenvalue weighted by molar-refractivity contribution is 0.832. The first-order chi connectivity index (χ1) is 4.93. The quantitative estimate of drug-likeness (QED) is 0.622. The molecule has 0 aromatic carbocycles. The van der Waals surface area contributed by atoms with Crippen molar-refractivity contribution in [3.63, 3.8) is 0 Å². The summed E-state index contributed by atoms with van der Waals surface area (Å²) < 4.78 is 0. The van der Waals surface area contributed by atoms with Crippen LogP contribution in [0.3, 0.4) is 0 Å². The lowest BCUT2D eigenvalue weighted by Gasteiger charge is -1.99. The molecule has 56 valence electrons. The Bertz CT molecular complexity index is 157. The third-order valence-corrected chi connectivity index (χ3v) is 1.34. The molecule has 2 N–H and O–H groups in total. The minimum Gasteiger partial charge on any atom is -0.370 e. The molecule has 0 saturated carbocycles. The van der Waals surface area contributed by atoms with E-state index in [1.54, 1.807) is 12.5 Å². The van der Waals surface area contributed by atoms with Crippen molar-refractivity contribution < 1.29 is 0 Å². The van der Waals surface area contributed by atoms with Gasteiger partial charge in [0.25, 0.3) is 0 Å². The molecule has 3 heteroatoms. The molecule has 1 rings (SSSR count). The van der Waals surface area contributed by atoms with Crippen LogP contribution >= 0.6 is 0 Å². The van der Waals surface area contributed by atoms with E-state index >= 15 is 0 Å². The Morgan fingerprint density at radius 3 is 3.20 bits per heavy atom. The van der Waals surface area contributed by atoms with Crippen molar-refractivity contribution in [2.24, 2.45) is 0 Å². The molecule has 1 aromatic rings. The average Bonchev–Trinajstić information content (AvgIpc) is 2.41. The van der Waals surface area contributed by atoms with E-state index in [2.05, 4.69) is 22.2 Å². The summed E-state index contributed by atoms with van der Waals surface area (Å²) in [7, 11) is 0. The Morgan fingerprint density at radius 2 is 2.60 bits per heavy atom. The van der Waals surface area contributed by atoms with Crippen molar-refractivity contribution in [2.45, 2.75) is 19.8 Å². The molecule has 0 radical (unpaired) electrons. The lowest BCUT2D eigenvalue weighted by atomic mass is 10.3. The highest BCUT2D eigenvalue weighted by Crippen LogP contribution is 1.97. The van der Waals surface area contributed by atoms with Crippen molar-refractivity contribution >= 4 is 5.82 Å². The molecule has 1 heterocycles. The van der Waals surface area contributed by atoms with Gasteiger partial charge in [0.2, 0.25) is 0 Å². The Kier molecular flexibility index (Phi) is 2.80. The van der Waals surface area contributed by atoms with E-state index in [-0.39, 0.29) is 0 Å². The summed E-state index contributed by atoms with van der Waals surface area (Å²) in [4.78, 5) is 6.86. The fraction of sp³-hybridized carbons (Fsp3) is 0.571. The Morgan fingerprint density at radius 1 is 1.70 bits per heavy atom. The molecule has 10 heavy (non-hydrogen) atoms. The molecule has 0 atom stereocenters. The summed E-state index contributed by atoms with van der Waals surface area (Å²) in [6.07, 6.45) is 5.89. The van der Waals surface area contributed by atoms with E-state index in [4.69, 9.17) is 0 Å². The number of aromatic nitrogens is 2. The van der Waals surface area contributed by atoms with E-state index in [1.807, 2.05) is 0 Å². The zero-order chi connectivity index (χ0) is 7.23. The van der Waals surface area contributed by atoms with Gasteiger partial charge in [-0.1, -0.05) is 13.3 Å². The van der Waals surface area contributed by atoms with E-state index in [1.165, 1.54) is 12.8 Å². The van der Waals surface area contributed by atoms with E-state index in [9.17, 15) is 0 Å². The highest BCUT2D eigenvalue weighted by atomic mass is 15.0. The van der Waals surface area contributed by atoms with Crippen LogP contribution in [0, 0.1) is 0 Å². The molecule has 0 unspecified atom stereocenters. The summed E-state index contributed by atoms with van der Waals surface area (Å²) in [5, 5.41) is 3.21. The summed E-state index contributed by atoms with van der Waals surface area (Å²) in [6.45, 7) is 3.20. The van der Waals surface area contributed by atoms with Crippen LogP contribution in [0.2, 0.25) is 0 Å². The van der Waals surface area contributed by atoms with Crippen LogP contribution in [0.4, 0.5) is 5.82 Å². The monoisotopic (exact) mass is 139 g/mol. The molecule has 0 amide bonds. The van der Waals surface area contributed by atoms with E-state index in [0.717, 1.165) is 12.4 Å². The topological polar surface area (TPSA) is 40.7 Å². The average molecular weight is 139 g/mol. The molecule has 1 aromatic heterocycles. The van der Waals surface area contributed by atoms with Crippen LogP contribution in [0.15, 0.2) is 12.5 Å². The fourth-order valence-corrected chi connectivity index (χ4v) is 0.752. The maximum atomic E-state index is 3.88. The number of nitrogens with one attached hydrogen (secondary N) is 2. The normalized spacial score (nSPS) is 9.70. The number of unbranched alkanes of at least 4 members (excludes halogenated alkanes) is 1. The molecular weight excluding hydrogens is 126 g/mol. The number of aromatic amines is 1. The number of anilines is 1. The first-order valence-electron chi connectivity index (χ1n) is 3.65. The van der Waals surface area contributed by atoms with E-state index in [0.29, 0.717) is 0 Å². The van der Waals surface area contributed by atoms with Gasteiger partial charge < -0.3 is 10.3 Å². The standard InChI is InChI=1S/C7H13N3/c1-2-3-4-9-7-5-8-6-10-7/h5-6,9H,2-4H2,1H3,(H,8,10). The van der Waals surface area contributed by atoms with Gasteiger partial charge in [-0.15, -0.1) is 0 Å². The van der Waals surface area contributed by atoms with Crippen molar-refractivity contribution in [3.8, 4) is 0 Å². The lowest BCUT2D eigenvalue weighted by Crippen LogP contribution is -2.00. The molecule has 3 nitrogen and oxygen atoms in total. The summed E-state index contributed by atoms with van der Waals surface area (Å²) in [5.41, 5.74) is 0. The number of hydrogen-bond acceptors (Lipinski definition) is 2. The minimum atomic E-state index is 1.01.